The summed E-state index contributed by atoms with van der Waals surface area (Å²) in [6, 6.07) is 9.27. The highest BCUT2D eigenvalue weighted by Gasteiger charge is 2.15. The third-order valence-corrected chi connectivity index (χ3v) is 2.58. The molecule has 3 heteroatoms. The fourth-order valence-corrected chi connectivity index (χ4v) is 1.85. The molecule has 0 saturated heterocycles. The summed E-state index contributed by atoms with van der Waals surface area (Å²) < 4.78 is 0. The van der Waals surface area contributed by atoms with Crippen LogP contribution in [0.15, 0.2) is 41.5 Å². The zero-order valence-corrected chi connectivity index (χ0v) is 8.51. The lowest BCUT2D eigenvalue weighted by Gasteiger charge is -2.01. The highest BCUT2D eigenvalue weighted by molar-refractivity contribution is 6.22. The summed E-state index contributed by atoms with van der Waals surface area (Å²) in [5.74, 6) is 0.271. The maximum Gasteiger partial charge on any atom is 0.125 e. The van der Waals surface area contributed by atoms with Crippen molar-refractivity contribution in [2.24, 2.45) is 4.99 Å². The highest BCUT2D eigenvalue weighted by Crippen LogP contribution is 2.38. The quantitative estimate of drug-likeness (QED) is 0.746. The standard InChI is InChI=1S/C13H10N2O/c16-12-5-1-4-11-13(12)9(8-15-11)7-10-3-2-6-14-10/h1-8,14,16H. The first-order valence-electron chi connectivity index (χ1n) is 5.06. The molecule has 2 aromatic rings. The van der Waals surface area contributed by atoms with Crippen LogP contribution in [0.1, 0.15) is 11.3 Å². The van der Waals surface area contributed by atoms with Gasteiger partial charge in [-0.2, -0.15) is 0 Å². The van der Waals surface area contributed by atoms with Crippen molar-refractivity contribution in [1.29, 1.82) is 0 Å². The molecule has 2 heterocycles. The van der Waals surface area contributed by atoms with Crippen LogP contribution in [0.3, 0.4) is 0 Å². The van der Waals surface area contributed by atoms with Crippen molar-refractivity contribution in [3.8, 4) is 5.75 Å². The minimum Gasteiger partial charge on any atom is -0.507 e. The Bertz CT molecular complexity index is 580. The van der Waals surface area contributed by atoms with Crippen LogP contribution >= 0.6 is 0 Å². The van der Waals surface area contributed by atoms with E-state index in [9.17, 15) is 5.11 Å². The van der Waals surface area contributed by atoms with E-state index in [1.54, 1.807) is 18.3 Å². The number of phenolic OH excluding ortho intramolecular Hbond substituents is 1. The topological polar surface area (TPSA) is 48.4 Å². The molecule has 1 aliphatic rings. The molecule has 2 N–H and O–H groups in total. The fraction of sp³-hybridized carbons (Fsp3) is 0. The molecule has 0 amide bonds. The second kappa shape index (κ2) is 3.38. The molecule has 1 aromatic carbocycles. The molecular weight excluding hydrogens is 200 g/mol. The Balaban J connectivity index is 2.13. The van der Waals surface area contributed by atoms with E-state index in [-0.39, 0.29) is 5.75 Å². The number of aliphatic imine (C=N–C) groups is 1. The number of benzene rings is 1. The number of nitrogens with one attached hydrogen (secondary N) is 1. The second-order valence-electron chi connectivity index (χ2n) is 3.65. The van der Waals surface area contributed by atoms with Gasteiger partial charge in [-0.3, -0.25) is 4.99 Å². The van der Waals surface area contributed by atoms with Gasteiger partial charge in [0.1, 0.15) is 5.75 Å². The molecule has 0 saturated carbocycles. The van der Waals surface area contributed by atoms with Crippen molar-refractivity contribution >= 4 is 23.6 Å². The first kappa shape index (κ1) is 8.97. The maximum absolute atomic E-state index is 9.80. The van der Waals surface area contributed by atoms with E-state index >= 15 is 0 Å². The van der Waals surface area contributed by atoms with Gasteiger partial charge in [0, 0.05) is 23.7 Å². The average molecular weight is 210 g/mol. The Morgan fingerprint density at radius 1 is 1.19 bits per heavy atom. The lowest BCUT2D eigenvalue weighted by molar-refractivity contribution is 0.474. The fourth-order valence-electron chi connectivity index (χ4n) is 1.85. The molecule has 0 radical (unpaired) electrons. The third-order valence-electron chi connectivity index (χ3n) is 2.58. The van der Waals surface area contributed by atoms with Gasteiger partial charge in [0.2, 0.25) is 0 Å². The molecule has 3 rings (SSSR count). The SMILES string of the molecule is Oc1cccc2c1C(=Cc1ccc[nH]1)C=N2. The molecule has 0 atom stereocenters. The first-order chi connectivity index (χ1) is 7.84. The summed E-state index contributed by atoms with van der Waals surface area (Å²) in [6.45, 7) is 0. The summed E-state index contributed by atoms with van der Waals surface area (Å²) in [6.07, 6.45) is 5.60. The van der Waals surface area contributed by atoms with Gasteiger partial charge in [-0.05, 0) is 30.3 Å². The molecule has 0 bridgehead atoms. The Labute approximate surface area is 92.8 Å². The van der Waals surface area contributed by atoms with Gasteiger partial charge in [0.15, 0.2) is 0 Å². The summed E-state index contributed by atoms with van der Waals surface area (Å²) in [7, 11) is 0. The molecule has 0 unspecified atom stereocenters. The molecule has 3 nitrogen and oxygen atoms in total. The van der Waals surface area contributed by atoms with E-state index in [0.29, 0.717) is 0 Å². The van der Waals surface area contributed by atoms with Crippen molar-refractivity contribution < 1.29 is 5.11 Å². The van der Waals surface area contributed by atoms with E-state index in [4.69, 9.17) is 0 Å². The molecule has 0 fully saturated rings. The van der Waals surface area contributed by atoms with Gasteiger partial charge in [0.25, 0.3) is 0 Å². The predicted molar refractivity (Wildman–Crippen MR) is 64.9 cm³/mol. The van der Waals surface area contributed by atoms with Crippen LogP contribution in [0.5, 0.6) is 5.75 Å². The molecule has 16 heavy (non-hydrogen) atoms. The van der Waals surface area contributed by atoms with Crippen molar-refractivity contribution in [3.63, 3.8) is 0 Å². The number of aromatic nitrogens is 1. The van der Waals surface area contributed by atoms with Crippen molar-refractivity contribution in [1.82, 2.24) is 4.98 Å². The predicted octanol–water partition coefficient (Wildman–Crippen LogP) is 2.98. The highest BCUT2D eigenvalue weighted by atomic mass is 16.3. The lowest BCUT2D eigenvalue weighted by atomic mass is 10.1. The minimum atomic E-state index is 0.271. The van der Waals surface area contributed by atoms with Crippen LogP contribution in [0.25, 0.3) is 11.6 Å². The summed E-state index contributed by atoms with van der Waals surface area (Å²) in [4.78, 5) is 7.35. The van der Waals surface area contributed by atoms with Gasteiger partial charge in [0.05, 0.1) is 11.3 Å². The number of H-pyrrole nitrogens is 1. The number of aromatic amines is 1. The van der Waals surface area contributed by atoms with E-state index in [2.05, 4.69) is 9.98 Å². The maximum atomic E-state index is 9.80. The Morgan fingerprint density at radius 2 is 2.12 bits per heavy atom. The smallest absolute Gasteiger partial charge is 0.125 e. The van der Waals surface area contributed by atoms with E-state index in [1.807, 2.05) is 30.5 Å². The molecule has 1 aliphatic heterocycles. The van der Waals surface area contributed by atoms with Crippen LogP contribution in [-0.2, 0) is 0 Å². The van der Waals surface area contributed by atoms with Crippen molar-refractivity contribution in [2.45, 2.75) is 0 Å². The van der Waals surface area contributed by atoms with Gasteiger partial charge in [-0.1, -0.05) is 6.07 Å². The van der Waals surface area contributed by atoms with Crippen LogP contribution < -0.4 is 0 Å². The normalized spacial score (nSPS) is 15.6. The summed E-state index contributed by atoms with van der Waals surface area (Å²) in [5, 5.41) is 9.80. The van der Waals surface area contributed by atoms with Crippen molar-refractivity contribution in [2.75, 3.05) is 0 Å². The number of rotatable bonds is 1. The number of allylic oxidation sites excluding steroid dienone is 1. The molecular formula is C13H10N2O. The summed E-state index contributed by atoms with van der Waals surface area (Å²) >= 11 is 0. The Hall–Kier alpha value is -2.29. The molecule has 0 spiro atoms. The number of nitrogens with zero attached hydrogens (tertiary/aromatic N) is 1. The number of hydrogen-bond donors (Lipinski definition) is 2. The number of aromatic hydroxyl groups is 1. The zero-order valence-electron chi connectivity index (χ0n) is 8.51. The monoisotopic (exact) mass is 210 g/mol. The number of hydrogen-bond acceptors (Lipinski definition) is 2. The molecule has 78 valence electrons. The van der Waals surface area contributed by atoms with Gasteiger partial charge >= 0.3 is 0 Å². The Morgan fingerprint density at radius 3 is 2.94 bits per heavy atom. The van der Waals surface area contributed by atoms with Crippen LogP contribution in [0.4, 0.5) is 5.69 Å². The van der Waals surface area contributed by atoms with Gasteiger partial charge in [-0.15, -0.1) is 0 Å². The van der Waals surface area contributed by atoms with Crippen molar-refractivity contribution in [3.05, 3.63) is 47.8 Å². The van der Waals surface area contributed by atoms with E-state index in [0.717, 1.165) is 22.5 Å². The lowest BCUT2D eigenvalue weighted by Crippen LogP contribution is -1.82. The van der Waals surface area contributed by atoms with Gasteiger partial charge < -0.3 is 10.1 Å². The molecule has 0 aliphatic carbocycles. The number of phenols is 1. The Kier molecular flexibility index (Phi) is 1.90. The van der Waals surface area contributed by atoms with E-state index < -0.39 is 0 Å². The number of fused-ring (bicyclic) bond motifs is 1. The largest absolute Gasteiger partial charge is 0.507 e. The molecule has 1 aromatic heterocycles. The zero-order chi connectivity index (χ0) is 11.0. The van der Waals surface area contributed by atoms with Crippen LogP contribution in [0.2, 0.25) is 0 Å². The average Bonchev–Trinajstić information content (AvgIpc) is 2.90. The second-order valence-corrected chi connectivity index (χ2v) is 3.65. The third kappa shape index (κ3) is 1.34. The van der Waals surface area contributed by atoms with E-state index in [1.165, 1.54) is 0 Å². The minimum absolute atomic E-state index is 0.271. The first-order valence-corrected chi connectivity index (χ1v) is 5.06. The van der Waals surface area contributed by atoms with Crippen LogP contribution in [0, 0.1) is 0 Å². The van der Waals surface area contributed by atoms with Crippen LogP contribution in [-0.4, -0.2) is 16.3 Å². The summed E-state index contributed by atoms with van der Waals surface area (Å²) in [5.41, 5.74) is 3.54. The van der Waals surface area contributed by atoms with Gasteiger partial charge in [-0.25, -0.2) is 0 Å².